The molecule has 15 heavy (non-hydrogen) atoms. The number of furan rings is 1. The van der Waals surface area contributed by atoms with Crippen LogP contribution in [0.15, 0.2) is 10.7 Å². The Balaban J connectivity index is 0.000000255. The molecule has 2 aliphatic rings. The highest BCUT2D eigenvalue weighted by Gasteiger charge is 2.35. The number of aryl methyl sites for hydroxylation is 1. The molecule has 1 aromatic heterocycles. The minimum absolute atomic E-state index is 0.799. The van der Waals surface area contributed by atoms with Gasteiger partial charge in [-0.25, -0.2) is 0 Å². The molecule has 1 nitrogen and oxygen atoms in total. The molecule has 2 aliphatic carbocycles. The van der Waals surface area contributed by atoms with Crippen molar-refractivity contribution in [3.63, 3.8) is 0 Å². The first-order chi connectivity index (χ1) is 7.34. The second-order valence-electron chi connectivity index (χ2n) is 3.59. The third-order valence-corrected chi connectivity index (χ3v) is 2.69. The van der Waals surface area contributed by atoms with E-state index in [0.29, 0.717) is 0 Å². The van der Waals surface area contributed by atoms with E-state index >= 15 is 0 Å². The fourth-order valence-electron chi connectivity index (χ4n) is 1.84. The van der Waals surface area contributed by atoms with Crippen LogP contribution in [0.1, 0.15) is 39.7 Å². The molecule has 1 fully saturated rings. The SMILES string of the molecule is CC.CC.Cc1coc2c1=CC1CC1C=2. The zero-order valence-electron chi connectivity index (χ0n) is 10.5. The van der Waals surface area contributed by atoms with Gasteiger partial charge in [-0.2, -0.15) is 0 Å². The molecule has 1 saturated carbocycles. The Kier molecular flexibility index (Phi) is 4.19. The first-order valence-corrected chi connectivity index (χ1v) is 6.12. The highest BCUT2D eigenvalue weighted by Crippen LogP contribution is 2.41. The van der Waals surface area contributed by atoms with Crippen LogP contribution in [-0.2, 0) is 0 Å². The van der Waals surface area contributed by atoms with Crippen molar-refractivity contribution in [3.8, 4) is 0 Å². The largest absolute Gasteiger partial charge is 0.464 e. The predicted molar refractivity (Wildman–Crippen MR) is 65.9 cm³/mol. The summed E-state index contributed by atoms with van der Waals surface area (Å²) in [6.45, 7) is 10.1. The molecular weight excluding hydrogens is 184 g/mol. The summed E-state index contributed by atoms with van der Waals surface area (Å²) in [5.41, 5.74) is 2.38. The molecule has 0 N–H and O–H groups in total. The van der Waals surface area contributed by atoms with E-state index in [4.69, 9.17) is 4.42 Å². The van der Waals surface area contributed by atoms with E-state index in [0.717, 1.165) is 17.3 Å². The van der Waals surface area contributed by atoms with E-state index in [1.165, 1.54) is 17.2 Å². The number of hydrogen-bond donors (Lipinski definition) is 0. The maximum absolute atomic E-state index is 5.40. The Morgan fingerprint density at radius 2 is 1.67 bits per heavy atom. The van der Waals surface area contributed by atoms with Crippen molar-refractivity contribution in [1.82, 2.24) is 0 Å². The fraction of sp³-hybridized carbons (Fsp3) is 0.571. The molecule has 0 aliphatic heterocycles. The van der Waals surface area contributed by atoms with Gasteiger partial charge in [-0.05, 0) is 36.8 Å². The third kappa shape index (κ3) is 2.34. The van der Waals surface area contributed by atoms with Crippen molar-refractivity contribution in [3.05, 3.63) is 22.5 Å². The van der Waals surface area contributed by atoms with Gasteiger partial charge in [0.1, 0.15) is 5.42 Å². The van der Waals surface area contributed by atoms with Crippen LogP contribution in [0.4, 0.5) is 0 Å². The molecule has 1 heterocycles. The zero-order valence-corrected chi connectivity index (χ0v) is 10.5. The van der Waals surface area contributed by atoms with Crippen molar-refractivity contribution < 1.29 is 4.42 Å². The third-order valence-electron chi connectivity index (χ3n) is 2.69. The predicted octanol–water partition coefficient (Wildman–Crippen LogP) is 2.85. The summed E-state index contributed by atoms with van der Waals surface area (Å²) in [4.78, 5) is 0. The first kappa shape index (κ1) is 12.1. The summed E-state index contributed by atoms with van der Waals surface area (Å²) in [6.07, 6.45) is 7.82. The van der Waals surface area contributed by atoms with Gasteiger partial charge >= 0.3 is 0 Å². The minimum atomic E-state index is 0.799. The monoisotopic (exact) mass is 206 g/mol. The highest BCUT2D eigenvalue weighted by atomic mass is 16.3. The lowest BCUT2D eigenvalue weighted by Gasteiger charge is -1.90. The quantitative estimate of drug-likeness (QED) is 0.636. The second-order valence-corrected chi connectivity index (χ2v) is 3.59. The number of fused-ring (bicyclic) bond motifs is 2. The topological polar surface area (TPSA) is 13.1 Å². The van der Waals surface area contributed by atoms with Crippen LogP contribution < -0.4 is 10.6 Å². The molecule has 0 bridgehead atoms. The molecule has 0 amide bonds. The Labute approximate surface area is 92.5 Å². The molecule has 2 unspecified atom stereocenters. The Morgan fingerprint density at radius 1 is 1.07 bits per heavy atom. The van der Waals surface area contributed by atoms with E-state index in [9.17, 15) is 0 Å². The lowest BCUT2D eigenvalue weighted by atomic mass is 10.1. The van der Waals surface area contributed by atoms with E-state index in [1.807, 2.05) is 34.0 Å². The molecule has 0 radical (unpaired) electrons. The van der Waals surface area contributed by atoms with Gasteiger partial charge in [0.2, 0.25) is 0 Å². The summed E-state index contributed by atoms with van der Waals surface area (Å²) in [5, 5.41) is 1.34. The van der Waals surface area contributed by atoms with Gasteiger partial charge in [-0.15, -0.1) is 0 Å². The summed E-state index contributed by atoms with van der Waals surface area (Å²) < 4.78 is 5.40. The molecule has 1 heteroatoms. The maximum Gasteiger partial charge on any atom is 0.130 e. The van der Waals surface area contributed by atoms with Gasteiger partial charge in [0.15, 0.2) is 0 Å². The van der Waals surface area contributed by atoms with Crippen molar-refractivity contribution in [2.75, 3.05) is 0 Å². The van der Waals surface area contributed by atoms with Crippen LogP contribution in [0, 0.1) is 18.8 Å². The van der Waals surface area contributed by atoms with E-state index in [2.05, 4.69) is 19.1 Å². The van der Waals surface area contributed by atoms with Gasteiger partial charge < -0.3 is 4.42 Å². The van der Waals surface area contributed by atoms with Gasteiger partial charge in [-0.1, -0.05) is 33.8 Å². The van der Waals surface area contributed by atoms with Gasteiger partial charge in [-0.3, -0.25) is 0 Å². The van der Waals surface area contributed by atoms with Crippen molar-refractivity contribution in [2.24, 2.45) is 11.8 Å². The van der Waals surface area contributed by atoms with Crippen LogP contribution >= 0.6 is 0 Å². The normalized spacial score (nSPS) is 23.8. The molecule has 2 atom stereocenters. The minimum Gasteiger partial charge on any atom is -0.464 e. The maximum atomic E-state index is 5.40. The molecule has 0 saturated heterocycles. The average molecular weight is 206 g/mol. The lowest BCUT2D eigenvalue weighted by molar-refractivity contribution is 0.526. The summed E-state index contributed by atoms with van der Waals surface area (Å²) >= 11 is 0. The zero-order chi connectivity index (χ0) is 11.4. The van der Waals surface area contributed by atoms with Gasteiger partial charge in [0, 0.05) is 5.22 Å². The smallest absolute Gasteiger partial charge is 0.130 e. The van der Waals surface area contributed by atoms with Crippen molar-refractivity contribution in [2.45, 2.75) is 41.0 Å². The highest BCUT2D eigenvalue weighted by molar-refractivity contribution is 5.48. The molecule has 0 spiro atoms. The first-order valence-electron chi connectivity index (χ1n) is 6.12. The van der Waals surface area contributed by atoms with Crippen LogP contribution in [0.5, 0.6) is 0 Å². The Bertz CT molecular complexity index is 411. The molecule has 84 valence electrons. The average Bonchev–Trinajstić information content (AvgIpc) is 2.99. The second kappa shape index (κ2) is 5.20. The Hall–Kier alpha value is -0.980. The summed E-state index contributed by atoms with van der Waals surface area (Å²) in [5.74, 6) is 1.63. The number of hydrogen-bond acceptors (Lipinski definition) is 1. The van der Waals surface area contributed by atoms with Gasteiger partial charge in [0.25, 0.3) is 0 Å². The van der Waals surface area contributed by atoms with E-state index in [-0.39, 0.29) is 0 Å². The summed E-state index contributed by atoms with van der Waals surface area (Å²) in [7, 11) is 0. The Morgan fingerprint density at radius 3 is 2.33 bits per heavy atom. The fourth-order valence-corrected chi connectivity index (χ4v) is 1.84. The number of rotatable bonds is 0. The van der Waals surface area contributed by atoms with Crippen molar-refractivity contribution >= 4 is 12.2 Å². The molecule has 3 rings (SSSR count). The van der Waals surface area contributed by atoms with Crippen LogP contribution in [-0.4, -0.2) is 0 Å². The van der Waals surface area contributed by atoms with Crippen LogP contribution in [0.2, 0.25) is 0 Å². The summed E-state index contributed by atoms with van der Waals surface area (Å²) in [6, 6.07) is 0. The van der Waals surface area contributed by atoms with Crippen LogP contribution in [0.25, 0.3) is 12.2 Å². The molecular formula is C14H22O. The standard InChI is InChI=1S/C10H10O.2C2H6/c1-6-5-11-10-4-8-2-7(8)3-9(6)10;2*1-2/h3-5,7-8H,2H2,1H3;2*1-2H3. The molecule has 0 aromatic carbocycles. The lowest BCUT2D eigenvalue weighted by Crippen LogP contribution is -2.24. The van der Waals surface area contributed by atoms with Crippen molar-refractivity contribution in [1.29, 1.82) is 0 Å². The molecule has 1 aromatic rings. The van der Waals surface area contributed by atoms with Gasteiger partial charge in [0.05, 0.1) is 6.26 Å². The van der Waals surface area contributed by atoms with Crippen LogP contribution in [0.3, 0.4) is 0 Å². The van der Waals surface area contributed by atoms with E-state index < -0.39 is 0 Å². The van der Waals surface area contributed by atoms with E-state index in [1.54, 1.807) is 0 Å².